The summed E-state index contributed by atoms with van der Waals surface area (Å²) < 4.78 is 40.0. The van der Waals surface area contributed by atoms with E-state index in [-0.39, 0.29) is 16.5 Å². The van der Waals surface area contributed by atoms with Gasteiger partial charge in [-0.15, -0.1) is 0 Å². The number of benzene rings is 1. The maximum atomic E-state index is 13.6. The van der Waals surface area contributed by atoms with Gasteiger partial charge in [0.2, 0.25) is 0 Å². The van der Waals surface area contributed by atoms with Crippen molar-refractivity contribution in [2.75, 3.05) is 0 Å². The Labute approximate surface area is 97.2 Å². The fourth-order valence-electron chi connectivity index (χ4n) is 1.81. The molecule has 1 N–H and O–H groups in total. The zero-order valence-electron chi connectivity index (χ0n) is 7.86. The van der Waals surface area contributed by atoms with Crippen molar-refractivity contribution in [3.8, 4) is 0 Å². The van der Waals surface area contributed by atoms with Crippen LogP contribution in [0.2, 0.25) is 0 Å². The number of halogens is 4. The van der Waals surface area contributed by atoms with Gasteiger partial charge in [0.15, 0.2) is 0 Å². The maximum Gasteiger partial charge on any atom is 0.336 e. The van der Waals surface area contributed by atoms with E-state index in [0.717, 1.165) is 6.07 Å². The van der Waals surface area contributed by atoms with Crippen LogP contribution in [0.4, 0.5) is 13.2 Å². The van der Waals surface area contributed by atoms with E-state index in [2.05, 4.69) is 15.9 Å². The average Bonchev–Trinajstić information content (AvgIpc) is 2.48. The van der Waals surface area contributed by atoms with Crippen molar-refractivity contribution in [1.82, 2.24) is 0 Å². The first-order valence-electron chi connectivity index (χ1n) is 4.47. The van der Waals surface area contributed by atoms with E-state index in [4.69, 9.17) is 5.11 Å². The summed E-state index contributed by atoms with van der Waals surface area (Å²) >= 11 is 2.77. The second-order valence-electron chi connectivity index (χ2n) is 3.59. The first kappa shape index (κ1) is 11.4. The molecule has 0 amide bonds. The summed E-state index contributed by atoms with van der Waals surface area (Å²) in [6, 6.07) is 0.845. The van der Waals surface area contributed by atoms with E-state index in [9.17, 15) is 18.0 Å². The lowest BCUT2D eigenvalue weighted by Crippen LogP contribution is -2.10. The van der Waals surface area contributed by atoms with E-state index in [1.54, 1.807) is 0 Å². The van der Waals surface area contributed by atoms with Crippen molar-refractivity contribution in [3.63, 3.8) is 0 Å². The molecule has 0 bridgehead atoms. The van der Waals surface area contributed by atoms with Gasteiger partial charge >= 0.3 is 5.97 Å². The Morgan fingerprint density at radius 2 is 2.12 bits per heavy atom. The summed E-state index contributed by atoms with van der Waals surface area (Å²) in [6.45, 7) is 0. The van der Waals surface area contributed by atoms with Crippen LogP contribution in [0.15, 0.2) is 10.5 Å². The van der Waals surface area contributed by atoms with Crippen molar-refractivity contribution in [2.45, 2.75) is 18.8 Å². The topological polar surface area (TPSA) is 37.3 Å². The molecule has 0 atom stereocenters. The fraction of sp³-hybridized carbons (Fsp3) is 0.300. The molecule has 6 heteroatoms. The quantitative estimate of drug-likeness (QED) is 0.863. The molecule has 0 heterocycles. The molecule has 1 aliphatic rings. The maximum absolute atomic E-state index is 13.6. The first-order chi connectivity index (χ1) is 7.34. The highest BCUT2D eigenvalue weighted by molar-refractivity contribution is 9.10. The number of rotatable bonds is 1. The zero-order chi connectivity index (χ0) is 12.1. The Hall–Kier alpha value is -1.04. The Bertz CT molecular complexity index is 485. The molecular formula is C10H6BrF3O2. The third-order valence-corrected chi connectivity index (χ3v) is 3.40. The van der Waals surface area contributed by atoms with Gasteiger partial charge in [0.25, 0.3) is 5.92 Å². The highest BCUT2D eigenvalue weighted by Crippen LogP contribution is 2.44. The van der Waals surface area contributed by atoms with Gasteiger partial charge in [-0.1, -0.05) is 0 Å². The van der Waals surface area contributed by atoms with Crippen molar-refractivity contribution in [2.24, 2.45) is 0 Å². The molecule has 0 aliphatic heterocycles. The molecule has 0 fully saturated rings. The van der Waals surface area contributed by atoms with Gasteiger partial charge in [-0.3, -0.25) is 0 Å². The lowest BCUT2D eigenvalue weighted by molar-refractivity contribution is -0.00192. The predicted octanol–water partition coefficient (Wildman–Crippen LogP) is 3.32. The molecule has 0 radical (unpaired) electrons. The standard InChI is InChI=1S/C10H6BrF3O2/c11-7-5(9(15)16)3-6-4(8(7)12)1-2-10(6,13)14/h3H,1-2H2,(H,15,16). The third-order valence-electron chi connectivity index (χ3n) is 2.62. The van der Waals surface area contributed by atoms with E-state index < -0.39 is 35.3 Å². The van der Waals surface area contributed by atoms with Crippen LogP contribution in [0, 0.1) is 5.82 Å². The molecule has 0 saturated carbocycles. The van der Waals surface area contributed by atoms with Crippen LogP contribution >= 0.6 is 15.9 Å². The van der Waals surface area contributed by atoms with Gasteiger partial charge in [0.1, 0.15) is 5.82 Å². The van der Waals surface area contributed by atoms with Crippen LogP contribution in [0.5, 0.6) is 0 Å². The minimum atomic E-state index is -3.14. The molecule has 86 valence electrons. The van der Waals surface area contributed by atoms with Crippen LogP contribution in [0.3, 0.4) is 0 Å². The van der Waals surface area contributed by atoms with Gasteiger partial charge in [-0.25, -0.2) is 18.0 Å². The molecule has 2 nitrogen and oxygen atoms in total. The SMILES string of the molecule is O=C(O)c1cc2c(c(F)c1Br)CCC2(F)F. The number of hydrogen-bond acceptors (Lipinski definition) is 1. The lowest BCUT2D eigenvalue weighted by atomic mass is 10.0. The van der Waals surface area contributed by atoms with E-state index in [1.165, 1.54) is 0 Å². The summed E-state index contributed by atoms with van der Waals surface area (Å²) in [5.41, 5.74) is -1.08. The lowest BCUT2D eigenvalue weighted by Gasteiger charge is -2.12. The number of carboxylic acids is 1. The molecule has 0 spiro atoms. The van der Waals surface area contributed by atoms with Gasteiger partial charge in [-0.05, 0) is 34.0 Å². The number of aromatic carboxylic acids is 1. The van der Waals surface area contributed by atoms with Crippen LogP contribution in [0.1, 0.15) is 27.9 Å². The summed E-state index contributed by atoms with van der Waals surface area (Å²) in [6.07, 6.45) is -0.554. The smallest absolute Gasteiger partial charge is 0.336 e. The van der Waals surface area contributed by atoms with E-state index in [0.29, 0.717) is 0 Å². The van der Waals surface area contributed by atoms with Crippen LogP contribution in [0.25, 0.3) is 0 Å². The number of fused-ring (bicyclic) bond motifs is 1. The second kappa shape index (κ2) is 3.48. The summed E-state index contributed by atoms with van der Waals surface area (Å²) in [4.78, 5) is 10.7. The fourth-order valence-corrected chi connectivity index (χ4v) is 2.33. The Morgan fingerprint density at radius 1 is 1.50 bits per heavy atom. The van der Waals surface area contributed by atoms with Gasteiger partial charge < -0.3 is 5.11 Å². The molecule has 1 aliphatic carbocycles. The highest BCUT2D eigenvalue weighted by Gasteiger charge is 2.42. The molecular weight excluding hydrogens is 289 g/mol. The molecule has 1 aromatic carbocycles. The Kier molecular flexibility index (Phi) is 2.49. The molecule has 1 aromatic rings. The minimum absolute atomic E-state index is 0.0767. The predicted molar refractivity (Wildman–Crippen MR) is 53.3 cm³/mol. The highest BCUT2D eigenvalue weighted by atomic mass is 79.9. The van der Waals surface area contributed by atoms with Crippen molar-refractivity contribution in [1.29, 1.82) is 0 Å². The van der Waals surface area contributed by atoms with Gasteiger partial charge in [0.05, 0.1) is 10.0 Å². The molecule has 2 rings (SSSR count). The number of alkyl halides is 2. The van der Waals surface area contributed by atoms with E-state index in [1.807, 2.05) is 0 Å². The normalized spacial score (nSPS) is 17.2. The molecule has 0 unspecified atom stereocenters. The van der Waals surface area contributed by atoms with Crippen LogP contribution in [-0.4, -0.2) is 11.1 Å². The Morgan fingerprint density at radius 3 is 2.69 bits per heavy atom. The van der Waals surface area contributed by atoms with Crippen molar-refractivity contribution in [3.05, 3.63) is 33.0 Å². The first-order valence-corrected chi connectivity index (χ1v) is 5.26. The van der Waals surface area contributed by atoms with E-state index >= 15 is 0 Å². The van der Waals surface area contributed by atoms with Crippen molar-refractivity contribution < 1.29 is 23.1 Å². The summed E-state index contributed by atoms with van der Waals surface area (Å²) in [5.74, 6) is -5.47. The van der Waals surface area contributed by atoms with Crippen LogP contribution in [-0.2, 0) is 12.3 Å². The number of carboxylic acid groups (broad SMARTS) is 1. The third kappa shape index (κ3) is 1.52. The molecule has 16 heavy (non-hydrogen) atoms. The largest absolute Gasteiger partial charge is 0.478 e. The zero-order valence-corrected chi connectivity index (χ0v) is 9.44. The second-order valence-corrected chi connectivity index (χ2v) is 4.38. The number of hydrogen-bond donors (Lipinski definition) is 1. The molecule has 0 saturated heterocycles. The summed E-state index contributed by atoms with van der Waals surface area (Å²) in [7, 11) is 0. The molecule has 0 aromatic heterocycles. The minimum Gasteiger partial charge on any atom is -0.478 e. The number of carbonyl (C=O) groups is 1. The summed E-state index contributed by atoms with van der Waals surface area (Å²) in [5, 5.41) is 8.75. The Balaban J connectivity index is 2.73. The average molecular weight is 295 g/mol. The van der Waals surface area contributed by atoms with Crippen molar-refractivity contribution >= 4 is 21.9 Å². The van der Waals surface area contributed by atoms with Crippen LogP contribution < -0.4 is 0 Å². The van der Waals surface area contributed by atoms with Gasteiger partial charge in [0, 0.05) is 12.0 Å². The monoisotopic (exact) mass is 294 g/mol. The van der Waals surface area contributed by atoms with Gasteiger partial charge in [-0.2, -0.15) is 0 Å².